The summed E-state index contributed by atoms with van der Waals surface area (Å²) in [6.45, 7) is 2.29. The summed E-state index contributed by atoms with van der Waals surface area (Å²) >= 11 is 5.87. The van der Waals surface area contributed by atoms with Gasteiger partial charge in [-0.2, -0.15) is 12.8 Å². The second-order valence-corrected chi connectivity index (χ2v) is 8.08. The summed E-state index contributed by atoms with van der Waals surface area (Å²) in [5, 5.41) is 0.673. The molecule has 3 aromatic rings. The van der Waals surface area contributed by atoms with Crippen molar-refractivity contribution in [1.29, 1.82) is 0 Å². The molecule has 0 aliphatic rings. The van der Waals surface area contributed by atoms with E-state index in [2.05, 4.69) is 4.40 Å². The summed E-state index contributed by atoms with van der Waals surface area (Å²) in [6, 6.07) is 21.1. The van der Waals surface area contributed by atoms with Gasteiger partial charge in [0.15, 0.2) is 0 Å². The summed E-state index contributed by atoms with van der Waals surface area (Å²) in [5.74, 6) is 0.627. The van der Waals surface area contributed by atoms with Crippen LogP contribution < -0.4 is 4.74 Å². The number of benzene rings is 3. The summed E-state index contributed by atoms with van der Waals surface area (Å²) in [7, 11) is -3.73. The van der Waals surface area contributed by atoms with Crippen LogP contribution >= 0.6 is 11.6 Å². The molecule has 0 N–H and O–H groups in total. The molecule has 3 rings (SSSR count). The van der Waals surface area contributed by atoms with Crippen molar-refractivity contribution in [1.82, 2.24) is 0 Å². The third-order valence-electron chi connectivity index (χ3n) is 3.84. The number of sulfonamides is 1. The fraction of sp³-hybridized carbons (Fsp3) is 0.0952. The second-order valence-electron chi connectivity index (χ2n) is 6.01. The molecule has 27 heavy (non-hydrogen) atoms. The van der Waals surface area contributed by atoms with E-state index < -0.39 is 10.0 Å². The van der Waals surface area contributed by atoms with Gasteiger partial charge in [-0.15, -0.1) is 0 Å². The Bertz CT molecular complexity index is 1040. The van der Waals surface area contributed by atoms with Crippen LogP contribution in [0.1, 0.15) is 16.7 Å². The third-order valence-corrected chi connectivity index (χ3v) is 5.34. The van der Waals surface area contributed by atoms with Crippen LogP contribution in [0.4, 0.5) is 0 Å². The van der Waals surface area contributed by atoms with Crippen molar-refractivity contribution >= 4 is 27.8 Å². The molecule has 0 radical (unpaired) electrons. The Balaban J connectivity index is 1.70. The van der Waals surface area contributed by atoms with Crippen LogP contribution in [0.15, 0.2) is 82.1 Å². The molecule has 0 atom stereocenters. The molecule has 0 aliphatic carbocycles. The average molecular weight is 400 g/mol. The average Bonchev–Trinajstić information content (AvgIpc) is 2.67. The van der Waals surface area contributed by atoms with E-state index in [1.807, 2.05) is 25.1 Å². The molecule has 0 heterocycles. The quantitative estimate of drug-likeness (QED) is 0.546. The van der Waals surface area contributed by atoms with E-state index >= 15 is 0 Å². The van der Waals surface area contributed by atoms with Crippen molar-refractivity contribution in [3.05, 3.63) is 94.5 Å². The lowest BCUT2D eigenvalue weighted by Gasteiger charge is -2.07. The van der Waals surface area contributed by atoms with Crippen LogP contribution in [0.25, 0.3) is 0 Å². The summed E-state index contributed by atoms with van der Waals surface area (Å²) in [4.78, 5) is 0.166. The van der Waals surface area contributed by atoms with E-state index in [9.17, 15) is 8.42 Å². The Morgan fingerprint density at radius 2 is 1.70 bits per heavy atom. The van der Waals surface area contributed by atoms with Crippen LogP contribution in [0.3, 0.4) is 0 Å². The summed E-state index contributed by atoms with van der Waals surface area (Å²) < 4.78 is 34.1. The number of hydrogen-bond acceptors (Lipinski definition) is 3. The largest absolute Gasteiger partial charge is 0.489 e. The van der Waals surface area contributed by atoms with Crippen LogP contribution in [0, 0.1) is 6.92 Å². The molecule has 0 spiro atoms. The van der Waals surface area contributed by atoms with Gasteiger partial charge >= 0.3 is 0 Å². The van der Waals surface area contributed by atoms with E-state index in [0.717, 1.165) is 11.1 Å². The van der Waals surface area contributed by atoms with Gasteiger partial charge in [-0.25, -0.2) is 0 Å². The molecule has 4 nitrogen and oxygen atoms in total. The van der Waals surface area contributed by atoms with E-state index in [4.69, 9.17) is 16.3 Å². The zero-order valence-electron chi connectivity index (χ0n) is 14.7. The van der Waals surface area contributed by atoms with Crippen molar-refractivity contribution in [2.24, 2.45) is 4.40 Å². The molecular weight excluding hydrogens is 382 g/mol. The van der Waals surface area contributed by atoms with Crippen molar-refractivity contribution < 1.29 is 13.2 Å². The predicted molar refractivity (Wildman–Crippen MR) is 108 cm³/mol. The highest BCUT2D eigenvalue weighted by atomic mass is 35.5. The summed E-state index contributed by atoms with van der Waals surface area (Å²) in [6.07, 6.45) is 1.32. The zero-order chi connectivity index (χ0) is 19.3. The number of nitrogens with zero attached hydrogens (tertiary/aromatic N) is 1. The Kier molecular flexibility index (Phi) is 5.94. The topological polar surface area (TPSA) is 55.7 Å². The molecule has 0 fully saturated rings. The fourth-order valence-electron chi connectivity index (χ4n) is 2.33. The van der Waals surface area contributed by atoms with Crippen LogP contribution in [0.2, 0.25) is 5.02 Å². The van der Waals surface area contributed by atoms with Gasteiger partial charge in [0, 0.05) is 11.2 Å². The van der Waals surface area contributed by atoms with Gasteiger partial charge in [0.2, 0.25) is 0 Å². The van der Waals surface area contributed by atoms with Gasteiger partial charge in [-0.1, -0.05) is 53.6 Å². The predicted octanol–water partition coefficient (Wildman–Crippen LogP) is 5.04. The van der Waals surface area contributed by atoms with Gasteiger partial charge in [0.25, 0.3) is 10.0 Å². The van der Waals surface area contributed by atoms with Crippen molar-refractivity contribution in [2.45, 2.75) is 18.4 Å². The number of aryl methyl sites for hydroxylation is 1. The Hall–Kier alpha value is -2.63. The highest BCUT2D eigenvalue weighted by molar-refractivity contribution is 7.90. The standard InChI is InChI=1S/C21H18ClNO3S/c1-16-5-11-21(12-6-16)27(24,25)23-14-18-3-2-4-20(13-18)26-15-17-7-9-19(22)10-8-17/h2-14H,15H2,1H3/b23-14-. The normalized spacial score (nSPS) is 11.6. The first kappa shape index (κ1) is 19.1. The maximum atomic E-state index is 12.3. The maximum Gasteiger partial charge on any atom is 0.282 e. The SMILES string of the molecule is Cc1ccc(S(=O)(=O)/N=C\c2cccc(OCc3ccc(Cl)cc3)c2)cc1. The lowest BCUT2D eigenvalue weighted by Crippen LogP contribution is -1.98. The minimum Gasteiger partial charge on any atom is -0.489 e. The first-order valence-corrected chi connectivity index (χ1v) is 10.1. The maximum absolute atomic E-state index is 12.3. The van der Waals surface area contributed by atoms with Crippen molar-refractivity contribution in [3.8, 4) is 5.75 Å². The molecule has 0 unspecified atom stereocenters. The molecule has 0 bridgehead atoms. The number of ether oxygens (including phenoxy) is 1. The minimum absolute atomic E-state index is 0.166. The smallest absolute Gasteiger partial charge is 0.282 e. The highest BCUT2D eigenvalue weighted by Gasteiger charge is 2.11. The molecule has 6 heteroatoms. The molecule has 138 valence electrons. The molecular formula is C21H18ClNO3S. The molecule has 0 amide bonds. The molecule has 0 saturated heterocycles. The van der Waals surface area contributed by atoms with Crippen molar-refractivity contribution in [2.75, 3.05) is 0 Å². The first-order valence-electron chi connectivity index (χ1n) is 8.27. The molecule has 3 aromatic carbocycles. The van der Waals surface area contributed by atoms with Crippen molar-refractivity contribution in [3.63, 3.8) is 0 Å². The highest BCUT2D eigenvalue weighted by Crippen LogP contribution is 2.17. The fourth-order valence-corrected chi connectivity index (χ4v) is 3.32. The minimum atomic E-state index is -3.73. The van der Waals surface area contributed by atoms with Crippen LogP contribution in [-0.2, 0) is 16.6 Å². The second kappa shape index (κ2) is 8.37. The number of rotatable bonds is 6. The lowest BCUT2D eigenvalue weighted by molar-refractivity contribution is 0.306. The third kappa shape index (κ3) is 5.42. The van der Waals surface area contributed by atoms with Gasteiger partial charge < -0.3 is 4.74 Å². The van der Waals surface area contributed by atoms with Crippen LogP contribution in [0.5, 0.6) is 5.75 Å². The Morgan fingerprint density at radius 1 is 1.00 bits per heavy atom. The van der Waals surface area contributed by atoms with Crippen LogP contribution in [-0.4, -0.2) is 14.6 Å². The van der Waals surface area contributed by atoms with E-state index in [0.29, 0.717) is 22.9 Å². The monoisotopic (exact) mass is 399 g/mol. The van der Waals surface area contributed by atoms with Gasteiger partial charge in [-0.3, -0.25) is 0 Å². The number of halogens is 1. The molecule has 0 saturated carbocycles. The molecule has 0 aliphatic heterocycles. The van der Waals surface area contributed by atoms with E-state index in [1.54, 1.807) is 54.6 Å². The number of hydrogen-bond donors (Lipinski definition) is 0. The van der Waals surface area contributed by atoms with E-state index in [1.165, 1.54) is 6.21 Å². The first-order chi connectivity index (χ1) is 12.9. The zero-order valence-corrected chi connectivity index (χ0v) is 16.2. The van der Waals surface area contributed by atoms with Gasteiger partial charge in [-0.05, 0) is 54.4 Å². The Morgan fingerprint density at radius 3 is 2.41 bits per heavy atom. The van der Waals surface area contributed by atoms with Gasteiger partial charge in [0.05, 0.1) is 4.90 Å². The lowest BCUT2D eigenvalue weighted by atomic mass is 10.2. The Labute approximate surface area is 164 Å². The van der Waals surface area contributed by atoms with E-state index in [-0.39, 0.29) is 4.90 Å². The van der Waals surface area contributed by atoms with Gasteiger partial charge in [0.1, 0.15) is 12.4 Å². The molecule has 0 aromatic heterocycles. The summed E-state index contributed by atoms with van der Waals surface area (Å²) in [5.41, 5.74) is 2.61.